The molecule has 5 amide bonds. The Kier molecular flexibility index (Phi) is 15.1. The first-order chi connectivity index (χ1) is 20.9. The molecular formula is C29H38F2N6O6S. The minimum absolute atomic E-state index is 0.0102. The van der Waals surface area contributed by atoms with Crippen molar-refractivity contribution in [3.8, 4) is 5.75 Å². The molecule has 0 aliphatic carbocycles. The molecule has 12 nitrogen and oxygen atoms in total. The van der Waals surface area contributed by atoms with Gasteiger partial charge < -0.3 is 37.8 Å². The Morgan fingerprint density at radius 1 is 0.818 bits per heavy atom. The lowest BCUT2D eigenvalue weighted by atomic mass is 10.0. The van der Waals surface area contributed by atoms with E-state index in [1.165, 1.54) is 36.0 Å². The van der Waals surface area contributed by atoms with Crippen molar-refractivity contribution in [1.82, 2.24) is 21.3 Å². The summed E-state index contributed by atoms with van der Waals surface area (Å²) < 4.78 is 26.5. The van der Waals surface area contributed by atoms with Gasteiger partial charge in [-0.05, 0) is 48.1 Å². The van der Waals surface area contributed by atoms with Crippen LogP contribution in [0.2, 0.25) is 0 Å². The fourth-order valence-electron chi connectivity index (χ4n) is 4.06. The average molecular weight is 637 g/mol. The number of phenols is 1. The van der Waals surface area contributed by atoms with Crippen molar-refractivity contribution >= 4 is 41.3 Å². The van der Waals surface area contributed by atoms with Crippen molar-refractivity contribution in [2.45, 2.75) is 56.3 Å². The van der Waals surface area contributed by atoms with Gasteiger partial charge in [0.2, 0.25) is 36.0 Å². The van der Waals surface area contributed by atoms with Crippen LogP contribution < -0.4 is 32.7 Å². The van der Waals surface area contributed by atoms with E-state index in [0.717, 1.165) is 0 Å². The number of halogens is 2. The van der Waals surface area contributed by atoms with Gasteiger partial charge in [-0.3, -0.25) is 24.0 Å². The Bertz CT molecular complexity index is 1250. The van der Waals surface area contributed by atoms with E-state index in [0.29, 0.717) is 16.9 Å². The summed E-state index contributed by atoms with van der Waals surface area (Å²) in [6.07, 6.45) is -1.83. The highest BCUT2D eigenvalue weighted by atomic mass is 32.2. The second kappa shape index (κ2) is 18.4. The number of nitrogens with two attached hydrogens (primary N) is 2. The molecule has 0 aromatic heterocycles. The van der Waals surface area contributed by atoms with Crippen molar-refractivity contribution in [1.29, 1.82) is 0 Å². The lowest BCUT2D eigenvalue weighted by Crippen LogP contribution is -2.56. The first kappa shape index (κ1) is 36.0. The maximum atomic E-state index is 13.2. The number of benzene rings is 2. The lowest BCUT2D eigenvalue weighted by molar-refractivity contribution is -0.133. The molecule has 0 heterocycles. The van der Waals surface area contributed by atoms with Crippen LogP contribution >= 0.6 is 11.8 Å². The van der Waals surface area contributed by atoms with Crippen molar-refractivity contribution in [3.63, 3.8) is 0 Å². The number of thioether (sulfide) groups is 1. The molecule has 2 rings (SSSR count). The van der Waals surface area contributed by atoms with E-state index < -0.39 is 73.1 Å². The van der Waals surface area contributed by atoms with Crippen molar-refractivity contribution in [2.75, 3.05) is 18.6 Å². The van der Waals surface area contributed by atoms with Crippen LogP contribution in [0, 0.1) is 0 Å². The van der Waals surface area contributed by atoms with Gasteiger partial charge in [-0.2, -0.15) is 11.8 Å². The highest BCUT2D eigenvalue weighted by Crippen LogP contribution is 2.12. The maximum Gasteiger partial charge on any atom is 0.243 e. The van der Waals surface area contributed by atoms with Crippen LogP contribution in [-0.2, 0) is 36.8 Å². The number of carbonyl (C=O) groups is 5. The van der Waals surface area contributed by atoms with Gasteiger partial charge in [-0.25, -0.2) is 8.78 Å². The van der Waals surface area contributed by atoms with Gasteiger partial charge in [0, 0.05) is 12.8 Å². The number of primary amides is 1. The number of amides is 5. The molecule has 2 aromatic carbocycles. The quantitative estimate of drug-likeness (QED) is 0.118. The third-order valence-electron chi connectivity index (χ3n) is 6.40. The molecule has 9 N–H and O–H groups in total. The molecule has 0 saturated carbocycles. The number of hydrogen-bond donors (Lipinski definition) is 7. The first-order valence-corrected chi connectivity index (χ1v) is 15.1. The smallest absolute Gasteiger partial charge is 0.243 e. The number of phenolic OH excluding ortho intramolecular Hbond substituents is 1. The largest absolute Gasteiger partial charge is 0.508 e. The fourth-order valence-corrected chi connectivity index (χ4v) is 4.53. The van der Waals surface area contributed by atoms with Gasteiger partial charge in [0.05, 0.1) is 12.6 Å². The molecule has 0 bridgehead atoms. The predicted molar refractivity (Wildman–Crippen MR) is 162 cm³/mol. The Morgan fingerprint density at radius 3 is 2.02 bits per heavy atom. The van der Waals surface area contributed by atoms with Crippen LogP contribution in [0.5, 0.6) is 5.75 Å². The van der Waals surface area contributed by atoms with E-state index in [1.54, 1.807) is 30.3 Å². The molecule has 0 aliphatic rings. The van der Waals surface area contributed by atoms with Crippen LogP contribution in [0.25, 0.3) is 0 Å². The van der Waals surface area contributed by atoms with Crippen LogP contribution in [0.15, 0.2) is 54.6 Å². The minimum atomic E-state index is -2.96. The number of rotatable bonds is 18. The second-order valence-electron chi connectivity index (χ2n) is 9.94. The van der Waals surface area contributed by atoms with Crippen molar-refractivity contribution in [2.24, 2.45) is 11.5 Å². The van der Waals surface area contributed by atoms with Gasteiger partial charge in [0.1, 0.15) is 23.9 Å². The summed E-state index contributed by atoms with van der Waals surface area (Å²) in [5.74, 6) is -3.59. The average Bonchev–Trinajstić information content (AvgIpc) is 2.98. The van der Waals surface area contributed by atoms with E-state index in [1.807, 2.05) is 6.26 Å². The first-order valence-electron chi connectivity index (χ1n) is 13.7. The Balaban J connectivity index is 2.04. The van der Waals surface area contributed by atoms with Gasteiger partial charge in [0.25, 0.3) is 0 Å². The zero-order valence-corrected chi connectivity index (χ0v) is 24.9. The summed E-state index contributed by atoms with van der Waals surface area (Å²) in [5.41, 5.74) is 12.6. The predicted octanol–water partition coefficient (Wildman–Crippen LogP) is -0.0311. The van der Waals surface area contributed by atoms with Crippen LogP contribution in [0.1, 0.15) is 24.0 Å². The van der Waals surface area contributed by atoms with Crippen molar-refractivity contribution in [3.05, 3.63) is 65.7 Å². The van der Waals surface area contributed by atoms with Gasteiger partial charge in [-0.15, -0.1) is 0 Å². The normalized spacial score (nSPS) is 13.7. The lowest BCUT2D eigenvalue weighted by Gasteiger charge is -2.23. The molecule has 0 spiro atoms. The number of nitrogens with one attached hydrogen (secondary N) is 4. The molecule has 240 valence electrons. The van der Waals surface area contributed by atoms with E-state index >= 15 is 0 Å². The molecule has 0 fully saturated rings. The second-order valence-corrected chi connectivity index (χ2v) is 10.9. The number of aromatic hydroxyl groups is 1. The summed E-state index contributed by atoms with van der Waals surface area (Å²) in [5, 5.41) is 18.8. The highest BCUT2D eigenvalue weighted by Gasteiger charge is 2.29. The van der Waals surface area contributed by atoms with Crippen molar-refractivity contribution < 1.29 is 37.9 Å². The Morgan fingerprint density at radius 2 is 1.43 bits per heavy atom. The molecular weight excluding hydrogens is 598 g/mol. The number of hydrogen-bond acceptors (Lipinski definition) is 8. The summed E-state index contributed by atoms with van der Waals surface area (Å²) in [7, 11) is 0. The van der Waals surface area contributed by atoms with Gasteiger partial charge in [0.15, 0.2) is 0 Å². The minimum Gasteiger partial charge on any atom is -0.508 e. The third kappa shape index (κ3) is 13.0. The fraction of sp³-hybridized carbons (Fsp3) is 0.414. The molecule has 4 atom stereocenters. The van der Waals surface area contributed by atoms with Crippen LogP contribution in [0.4, 0.5) is 8.78 Å². The van der Waals surface area contributed by atoms with Gasteiger partial charge >= 0.3 is 0 Å². The van der Waals surface area contributed by atoms with Crippen LogP contribution in [-0.4, -0.2) is 83.8 Å². The molecule has 0 unspecified atom stereocenters. The Hall–Kier alpha value is -4.24. The van der Waals surface area contributed by atoms with E-state index in [2.05, 4.69) is 21.3 Å². The SMILES string of the molecule is CSCC[C@H](NC(=O)[C@H](Cc1ccccc1)NC(=O)CNC(=O)[C@@H](CC(F)F)NC(=O)[C@@H](N)Cc1ccc(O)cc1)C(N)=O. The molecule has 0 radical (unpaired) electrons. The monoisotopic (exact) mass is 636 g/mol. The topological polar surface area (TPSA) is 206 Å². The zero-order chi connectivity index (χ0) is 32.6. The van der Waals surface area contributed by atoms with E-state index in [-0.39, 0.29) is 25.0 Å². The molecule has 0 saturated heterocycles. The maximum absolute atomic E-state index is 13.2. The molecule has 15 heteroatoms. The van der Waals surface area contributed by atoms with Crippen LogP contribution in [0.3, 0.4) is 0 Å². The summed E-state index contributed by atoms with van der Waals surface area (Å²) in [6, 6.07) is 9.57. The van der Waals surface area contributed by atoms with E-state index in [4.69, 9.17) is 11.5 Å². The Labute approximate surface area is 258 Å². The highest BCUT2D eigenvalue weighted by molar-refractivity contribution is 7.98. The summed E-state index contributed by atoms with van der Waals surface area (Å²) in [4.78, 5) is 63.0. The zero-order valence-electron chi connectivity index (χ0n) is 24.1. The number of carbonyl (C=O) groups excluding carboxylic acids is 5. The molecule has 0 aliphatic heterocycles. The molecule has 2 aromatic rings. The standard InChI is InChI=1S/C29H38F2N6O6S/c1-44-12-11-21(26(33)40)36-29(43)22(14-17-5-3-2-4-6-17)35-25(39)16-34-28(42)23(15-24(30)31)37-27(41)20(32)13-18-7-9-19(38)10-8-18/h2-10,20-24,38H,11-16,32H2,1H3,(H2,33,40)(H,34,42)(H,35,39)(H,36,43)(H,37,41)/t20-,21-,22-,23+/m0/s1. The molecule has 44 heavy (non-hydrogen) atoms. The summed E-state index contributed by atoms with van der Waals surface area (Å²) >= 11 is 1.46. The summed E-state index contributed by atoms with van der Waals surface area (Å²) in [6.45, 7) is -0.696. The van der Waals surface area contributed by atoms with Gasteiger partial charge in [-0.1, -0.05) is 42.5 Å². The third-order valence-corrected chi connectivity index (χ3v) is 7.05. The number of alkyl halides is 2. The van der Waals surface area contributed by atoms with E-state index in [9.17, 15) is 37.9 Å².